The summed E-state index contributed by atoms with van der Waals surface area (Å²) in [6, 6.07) is 18.2. The Balaban J connectivity index is 1.50. The molecule has 1 unspecified atom stereocenters. The van der Waals surface area contributed by atoms with E-state index in [1.165, 1.54) is 10.9 Å². The summed E-state index contributed by atoms with van der Waals surface area (Å²) in [5.74, 6) is 1.13. The summed E-state index contributed by atoms with van der Waals surface area (Å²) in [6.07, 6.45) is 4.28. The van der Waals surface area contributed by atoms with Gasteiger partial charge < -0.3 is 20.7 Å². The third-order valence-corrected chi connectivity index (χ3v) is 7.30. The number of ether oxygens (including phenoxy) is 1. The van der Waals surface area contributed by atoms with Crippen LogP contribution in [0.4, 0.5) is 5.82 Å². The molecule has 2 aromatic carbocycles. The van der Waals surface area contributed by atoms with Crippen molar-refractivity contribution in [2.45, 2.75) is 38.3 Å². The van der Waals surface area contributed by atoms with Crippen molar-refractivity contribution in [1.82, 2.24) is 29.3 Å². The Kier molecular flexibility index (Phi) is 7.59. The number of likely N-dealkylation sites (N-methyl/N-ethyl adjacent to an activating group) is 1. The predicted molar refractivity (Wildman–Crippen MR) is 156 cm³/mol. The average molecular weight is 553 g/mol. The number of amides is 1. The quantitative estimate of drug-likeness (QED) is 0.262. The Morgan fingerprint density at radius 3 is 2.54 bits per heavy atom. The third kappa shape index (κ3) is 5.55. The number of para-hydroxylation sites is 1. The molecule has 0 saturated carbocycles. The molecule has 0 aliphatic carbocycles. The molecule has 210 valence electrons. The van der Waals surface area contributed by atoms with Crippen molar-refractivity contribution in [3.8, 4) is 23.3 Å². The molecule has 3 heterocycles. The van der Waals surface area contributed by atoms with Crippen LogP contribution in [0.2, 0.25) is 0 Å². The zero-order valence-electron chi connectivity index (χ0n) is 23.2. The van der Waals surface area contributed by atoms with Crippen LogP contribution < -0.4 is 21.5 Å². The lowest BCUT2D eigenvalue weighted by Crippen LogP contribution is -2.44. The number of piperidine rings is 1. The van der Waals surface area contributed by atoms with Crippen LogP contribution >= 0.6 is 0 Å². The highest BCUT2D eigenvalue weighted by Crippen LogP contribution is 2.29. The monoisotopic (exact) mass is 552 g/mol. The second-order valence-corrected chi connectivity index (χ2v) is 10.5. The number of carbonyl (C=O) groups excluding carboxylic acids is 1. The molecular formula is C30H32N8O3. The SMILES string of the molecule is CNC(C)(C)C=C(C#N)C(=O)N1CCCC(n2c(=O)n(-c3ccc(Oc4ccccc4)cc3)c3c(N)ncnc32)C1. The van der Waals surface area contributed by atoms with E-state index in [2.05, 4.69) is 15.3 Å². The van der Waals surface area contributed by atoms with Gasteiger partial charge in [0.05, 0.1) is 11.7 Å². The van der Waals surface area contributed by atoms with Crippen LogP contribution in [0, 0.1) is 11.3 Å². The van der Waals surface area contributed by atoms with E-state index in [4.69, 9.17) is 10.5 Å². The van der Waals surface area contributed by atoms with E-state index >= 15 is 0 Å². The van der Waals surface area contributed by atoms with Crippen LogP contribution in [0.5, 0.6) is 11.5 Å². The lowest BCUT2D eigenvalue weighted by molar-refractivity contribution is -0.128. The molecule has 11 heteroatoms. The Morgan fingerprint density at radius 2 is 1.85 bits per heavy atom. The van der Waals surface area contributed by atoms with E-state index in [1.54, 1.807) is 46.9 Å². The lowest BCUT2D eigenvalue weighted by Gasteiger charge is -2.33. The molecule has 1 aliphatic heterocycles. The maximum absolute atomic E-state index is 14.0. The topological polar surface area (TPSA) is 144 Å². The first-order valence-electron chi connectivity index (χ1n) is 13.4. The van der Waals surface area contributed by atoms with E-state index in [-0.39, 0.29) is 35.6 Å². The number of anilines is 1. The normalized spacial score (nSPS) is 16.0. The fourth-order valence-corrected chi connectivity index (χ4v) is 5.02. The summed E-state index contributed by atoms with van der Waals surface area (Å²) in [6.45, 7) is 4.51. The second kappa shape index (κ2) is 11.3. The molecular weight excluding hydrogens is 520 g/mol. The molecule has 0 spiro atoms. The molecule has 1 fully saturated rings. The smallest absolute Gasteiger partial charge is 0.335 e. The van der Waals surface area contributed by atoms with Crippen molar-refractivity contribution in [2.75, 3.05) is 25.9 Å². The third-order valence-electron chi connectivity index (χ3n) is 7.30. The Bertz CT molecular complexity index is 1700. The van der Waals surface area contributed by atoms with Crippen LogP contribution in [0.25, 0.3) is 16.9 Å². The number of nitrogen functional groups attached to an aromatic ring is 1. The summed E-state index contributed by atoms with van der Waals surface area (Å²) in [5, 5.41) is 12.8. The predicted octanol–water partition coefficient (Wildman–Crippen LogP) is 3.57. The van der Waals surface area contributed by atoms with Gasteiger partial charge >= 0.3 is 5.69 Å². The van der Waals surface area contributed by atoms with Crippen molar-refractivity contribution < 1.29 is 9.53 Å². The number of nitrogens with two attached hydrogens (primary N) is 1. The lowest BCUT2D eigenvalue weighted by atomic mass is 9.99. The summed E-state index contributed by atoms with van der Waals surface area (Å²) in [4.78, 5) is 37.6. The number of benzene rings is 2. The molecule has 1 saturated heterocycles. The molecule has 0 radical (unpaired) electrons. The van der Waals surface area contributed by atoms with Gasteiger partial charge in [-0.1, -0.05) is 18.2 Å². The minimum absolute atomic E-state index is 0.0594. The van der Waals surface area contributed by atoms with Gasteiger partial charge in [-0.25, -0.2) is 14.8 Å². The Hall–Kier alpha value is -4.95. The van der Waals surface area contributed by atoms with Crippen LogP contribution in [0.3, 0.4) is 0 Å². The molecule has 1 amide bonds. The fourth-order valence-electron chi connectivity index (χ4n) is 5.02. The van der Waals surface area contributed by atoms with Crippen LogP contribution in [0.1, 0.15) is 32.7 Å². The number of nitrogens with zero attached hydrogens (tertiary/aromatic N) is 6. The van der Waals surface area contributed by atoms with E-state index in [1.807, 2.05) is 50.2 Å². The van der Waals surface area contributed by atoms with Gasteiger partial charge in [0.15, 0.2) is 11.5 Å². The maximum atomic E-state index is 14.0. The molecule has 1 aliphatic rings. The number of nitrogens with one attached hydrogen (secondary N) is 1. The second-order valence-electron chi connectivity index (χ2n) is 10.5. The molecule has 1 atom stereocenters. The van der Waals surface area contributed by atoms with Gasteiger partial charge in [-0.15, -0.1) is 0 Å². The zero-order valence-corrected chi connectivity index (χ0v) is 23.2. The number of imidazole rings is 1. The van der Waals surface area contributed by atoms with E-state index < -0.39 is 5.54 Å². The number of carbonyl (C=O) groups is 1. The maximum Gasteiger partial charge on any atom is 0.335 e. The molecule has 11 nitrogen and oxygen atoms in total. The van der Waals surface area contributed by atoms with E-state index in [9.17, 15) is 14.9 Å². The minimum Gasteiger partial charge on any atom is -0.457 e. The first kappa shape index (κ1) is 27.6. The number of rotatable bonds is 7. The Labute approximate surface area is 237 Å². The highest BCUT2D eigenvalue weighted by atomic mass is 16.5. The van der Waals surface area contributed by atoms with Gasteiger partial charge in [0.2, 0.25) is 0 Å². The van der Waals surface area contributed by atoms with E-state index in [0.717, 1.165) is 0 Å². The molecule has 4 aromatic rings. The van der Waals surface area contributed by atoms with Crippen LogP contribution in [-0.4, -0.2) is 55.6 Å². The number of aromatic nitrogens is 4. The first-order valence-corrected chi connectivity index (χ1v) is 13.4. The molecule has 5 rings (SSSR count). The standard InChI is InChI=1S/C30H32N8O3/c1-30(2,33-3)16-20(17-31)28(39)36-15-7-8-22(18-36)38-27-25(26(32)34-19-35-27)37(29(38)40)21-11-13-24(14-12-21)41-23-9-5-4-6-10-23/h4-6,9-14,16,19,22,33H,7-8,15,18H2,1-3H3,(H2,32,34,35). The van der Waals surface area contributed by atoms with Crippen molar-refractivity contribution in [1.29, 1.82) is 5.26 Å². The van der Waals surface area contributed by atoms with Gasteiger partial charge in [0.1, 0.15) is 35.0 Å². The fraction of sp³-hybridized carbons (Fsp3) is 0.300. The minimum atomic E-state index is -0.531. The summed E-state index contributed by atoms with van der Waals surface area (Å²) >= 11 is 0. The summed E-state index contributed by atoms with van der Waals surface area (Å²) in [5.41, 5.74) is 6.83. The number of nitriles is 1. The largest absolute Gasteiger partial charge is 0.457 e. The average Bonchev–Trinajstić information content (AvgIpc) is 3.29. The Morgan fingerprint density at radius 1 is 1.15 bits per heavy atom. The van der Waals surface area contributed by atoms with Gasteiger partial charge in [0, 0.05) is 18.6 Å². The van der Waals surface area contributed by atoms with Crippen LogP contribution in [0.15, 0.2) is 77.4 Å². The van der Waals surface area contributed by atoms with Crippen molar-refractivity contribution in [2.24, 2.45) is 0 Å². The molecule has 3 N–H and O–H groups in total. The molecule has 41 heavy (non-hydrogen) atoms. The zero-order chi connectivity index (χ0) is 29.1. The first-order chi connectivity index (χ1) is 19.7. The summed E-state index contributed by atoms with van der Waals surface area (Å²) in [7, 11) is 1.77. The highest BCUT2D eigenvalue weighted by molar-refractivity contribution is 5.97. The highest BCUT2D eigenvalue weighted by Gasteiger charge is 2.31. The number of hydrogen-bond acceptors (Lipinski definition) is 8. The molecule has 2 aromatic heterocycles. The number of hydrogen-bond donors (Lipinski definition) is 2. The van der Waals surface area contributed by atoms with Gasteiger partial charge in [-0.3, -0.25) is 13.9 Å². The van der Waals surface area contributed by atoms with E-state index in [0.29, 0.717) is 47.7 Å². The van der Waals surface area contributed by atoms with Crippen molar-refractivity contribution in [3.05, 3.63) is 83.1 Å². The molecule has 0 bridgehead atoms. The number of likely N-dealkylation sites (tertiary alicyclic amines) is 1. The van der Waals surface area contributed by atoms with Gasteiger partial charge in [0.25, 0.3) is 5.91 Å². The summed E-state index contributed by atoms with van der Waals surface area (Å²) < 4.78 is 8.99. The van der Waals surface area contributed by atoms with Crippen molar-refractivity contribution in [3.63, 3.8) is 0 Å². The van der Waals surface area contributed by atoms with Crippen LogP contribution in [-0.2, 0) is 4.79 Å². The number of fused-ring (bicyclic) bond motifs is 1. The van der Waals surface area contributed by atoms with Crippen molar-refractivity contribution >= 4 is 22.9 Å². The van der Waals surface area contributed by atoms with Gasteiger partial charge in [-0.05, 0) is 76.2 Å². The van der Waals surface area contributed by atoms with Gasteiger partial charge in [-0.2, -0.15) is 5.26 Å².